The van der Waals surface area contributed by atoms with Gasteiger partial charge in [0.05, 0.1) is 17.7 Å². The zero-order valence-corrected chi connectivity index (χ0v) is 25.8. The molecular weight excluding hydrogens is 538 g/mol. The van der Waals surface area contributed by atoms with E-state index < -0.39 is 34.1 Å². The van der Waals surface area contributed by atoms with Crippen LogP contribution < -0.4 is 14.4 Å². The van der Waals surface area contributed by atoms with Crippen LogP contribution in [0.5, 0.6) is 5.75 Å². The Labute approximate surface area is 244 Å². The highest BCUT2D eigenvalue weighted by molar-refractivity contribution is 7.92. The quantitative estimate of drug-likeness (QED) is 0.336. The lowest BCUT2D eigenvalue weighted by Crippen LogP contribution is -2.55. The zero-order chi connectivity index (χ0) is 30.4. The van der Waals surface area contributed by atoms with E-state index in [-0.39, 0.29) is 17.3 Å². The first kappa shape index (κ1) is 31.7. The number of aryl methyl sites for hydroxylation is 2. The molecule has 0 saturated heterocycles. The van der Waals surface area contributed by atoms with Gasteiger partial charge in [-0.15, -0.1) is 0 Å². The number of benzene rings is 3. The van der Waals surface area contributed by atoms with Crippen LogP contribution in [0.3, 0.4) is 0 Å². The fraction of sp³-hybridized carbons (Fsp3) is 0.375. The maximum absolute atomic E-state index is 14.2. The minimum atomic E-state index is -4.11. The number of methoxy groups -OCH3 is 1. The number of carbonyl (C=O) groups is 2. The van der Waals surface area contributed by atoms with Crippen LogP contribution in [0.25, 0.3) is 0 Å². The van der Waals surface area contributed by atoms with E-state index in [1.807, 2.05) is 65.8 Å². The second kappa shape index (κ2) is 13.2. The maximum atomic E-state index is 14.2. The molecule has 0 fully saturated rings. The van der Waals surface area contributed by atoms with E-state index in [2.05, 4.69) is 5.32 Å². The standard InChI is InChI=1S/C32H41N3O5S/c1-8-28(31(37)33-32(4,5)6)34(21-25-15-17-26(40-7)18-16-25)30(36)22-35(29-19-14-23(2)20-24(29)3)41(38,39)27-12-10-9-11-13-27/h9-20,28H,8,21-22H2,1-7H3,(H,33,37)/t28-/m1/s1. The van der Waals surface area contributed by atoms with Gasteiger partial charge in [0.25, 0.3) is 10.0 Å². The number of hydrogen-bond donors (Lipinski definition) is 1. The van der Waals surface area contributed by atoms with Gasteiger partial charge in [-0.1, -0.05) is 55.0 Å². The smallest absolute Gasteiger partial charge is 0.264 e. The Morgan fingerprint density at radius 3 is 2.12 bits per heavy atom. The lowest BCUT2D eigenvalue weighted by atomic mass is 10.1. The van der Waals surface area contributed by atoms with E-state index in [4.69, 9.17) is 4.74 Å². The molecule has 0 bridgehead atoms. The summed E-state index contributed by atoms with van der Waals surface area (Å²) in [6.07, 6.45) is 0.346. The zero-order valence-electron chi connectivity index (χ0n) is 25.0. The van der Waals surface area contributed by atoms with Gasteiger partial charge < -0.3 is 15.0 Å². The van der Waals surface area contributed by atoms with Crippen molar-refractivity contribution in [3.63, 3.8) is 0 Å². The molecule has 3 aromatic rings. The van der Waals surface area contributed by atoms with Crippen LogP contribution in [0.1, 0.15) is 50.8 Å². The van der Waals surface area contributed by atoms with Crippen LogP contribution >= 0.6 is 0 Å². The maximum Gasteiger partial charge on any atom is 0.264 e. The predicted octanol–water partition coefficient (Wildman–Crippen LogP) is 5.23. The predicted molar refractivity (Wildman–Crippen MR) is 162 cm³/mol. The van der Waals surface area contributed by atoms with Crippen molar-refractivity contribution in [1.29, 1.82) is 0 Å². The van der Waals surface area contributed by atoms with Gasteiger partial charge in [0, 0.05) is 12.1 Å². The summed E-state index contributed by atoms with van der Waals surface area (Å²) in [6, 6.07) is 19.9. The molecule has 1 atom stereocenters. The van der Waals surface area contributed by atoms with Crippen LogP contribution in [-0.2, 0) is 26.2 Å². The SMILES string of the molecule is CC[C@H](C(=O)NC(C)(C)C)N(Cc1ccc(OC)cc1)C(=O)CN(c1ccc(C)cc1C)S(=O)(=O)c1ccccc1. The summed E-state index contributed by atoms with van der Waals surface area (Å²) in [5.74, 6) is -0.124. The van der Waals surface area contributed by atoms with Gasteiger partial charge >= 0.3 is 0 Å². The number of anilines is 1. The van der Waals surface area contributed by atoms with Crippen molar-refractivity contribution in [3.8, 4) is 5.75 Å². The Bertz CT molecular complexity index is 1450. The van der Waals surface area contributed by atoms with Crippen molar-refractivity contribution in [1.82, 2.24) is 10.2 Å². The summed E-state index contributed by atoms with van der Waals surface area (Å²) < 4.78 is 34.4. The fourth-order valence-electron chi connectivity index (χ4n) is 4.62. The second-order valence-corrected chi connectivity index (χ2v) is 13.0. The first-order valence-electron chi connectivity index (χ1n) is 13.7. The number of rotatable bonds is 11. The third kappa shape index (κ3) is 8.10. The summed E-state index contributed by atoms with van der Waals surface area (Å²) in [7, 11) is -2.54. The molecule has 0 aromatic heterocycles. The highest BCUT2D eigenvalue weighted by Crippen LogP contribution is 2.28. The molecule has 2 amide bonds. The molecule has 8 nitrogen and oxygen atoms in total. The van der Waals surface area contributed by atoms with Crippen LogP contribution in [-0.4, -0.2) is 50.4 Å². The van der Waals surface area contributed by atoms with Gasteiger partial charge in [0.15, 0.2) is 0 Å². The van der Waals surface area contributed by atoms with Crippen LogP contribution in [0.4, 0.5) is 5.69 Å². The Morgan fingerprint density at radius 2 is 1.59 bits per heavy atom. The monoisotopic (exact) mass is 579 g/mol. The molecule has 41 heavy (non-hydrogen) atoms. The molecule has 220 valence electrons. The average molecular weight is 580 g/mol. The minimum absolute atomic E-state index is 0.0759. The molecule has 1 N–H and O–H groups in total. The first-order chi connectivity index (χ1) is 19.3. The molecule has 0 heterocycles. The van der Waals surface area contributed by atoms with Gasteiger partial charge in [-0.05, 0) is 82.5 Å². The topological polar surface area (TPSA) is 96.0 Å². The van der Waals surface area contributed by atoms with E-state index in [0.29, 0.717) is 17.9 Å². The number of sulfonamides is 1. The van der Waals surface area contributed by atoms with Crippen molar-refractivity contribution in [3.05, 3.63) is 89.5 Å². The van der Waals surface area contributed by atoms with Crippen molar-refractivity contribution in [2.45, 2.75) is 71.0 Å². The summed E-state index contributed by atoms with van der Waals surface area (Å²) in [5.41, 5.74) is 2.37. The second-order valence-electron chi connectivity index (χ2n) is 11.1. The molecule has 3 aromatic carbocycles. The Balaban J connectivity index is 2.09. The van der Waals surface area contributed by atoms with Crippen molar-refractivity contribution in [2.24, 2.45) is 0 Å². The van der Waals surface area contributed by atoms with E-state index in [9.17, 15) is 18.0 Å². The number of nitrogens with zero attached hydrogens (tertiary/aromatic N) is 2. The van der Waals surface area contributed by atoms with Gasteiger partial charge in [-0.25, -0.2) is 8.42 Å². The van der Waals surface area contributed by atoms with Gasteiger partial charge in [-0.2, -0.15) is 0 Å². The lowest BCUT2D eigenvalue weighted by Gasteiger charge is -2.35. The fourth-order valence-corrected chi connectivity index (χ4v) is 6.12. The molecular formula is C32H41N3O5S. The largest absolute Gasteiger partial charge is 0.497 e. The van der Waals surface area contributed by atoms with Gasteiger partial charge in [0.2, 0.25) is 11.8 Å². The van der Waals surface area contributed by atoms with E-state index in [1.54, 1.807) is 43.5 Å². The molecule has 9 heteroatoms. The number of carbonyl (C=O) groups excluding carboxylic acids is 2. The Morgan fingerprint density at radius 1 is 0.951 bits per heavy atom. The van der Waals surface area contributed by atoms with Gasteiger partial charge in [-0.3, -0.25) is 13.9 Å². The number of nitrogens with one attached hydrogen (secondary N) is 1. The van der Waals surface area contributed by atoms with Crippen molar-refractivity contribution in [2.75, 3.05) is 18.0 Å². The van der Waals surface area contributed by atoms with E-state index in [0.717, 1.165) is 21.0 Å². The highest BCUT2D eigenvalue weighted by atomic mass is 32.2. The third-order valence-corrected chi connectivity index (χ3v) is 8.40. The molecule has 0 unspecified atom stereocenters. The van der Waals surface area contributed by atoms with Crippen molar-refractivity contribution >= 4 is 27.5 Å². The molecule has 0 spiro atoms. The van der Waals surface area contributed by atoms with Crippen LogP contribution in [0, 0.1) is 13.8 Å². The van der Waals surface area contributed by atoms with E-state index >= 15 is 0 Å². The third-order valence-electron chi connectivity index (χ3n) is 6.63. The van der Waals surface area contributed by atoms with Gasteiger partial charge in [0.1, 0.15) is 18.3 Å². The summed E-state index contributed by atoms with van der Waals surface area (Å²) in [6.45, 7) is 10.9. The van der Waals surface area contributed by atoms with Crippen molar-refractivity contribution < 1.29 is 22.7 Å². The van der Waals surface area contributed by atoms with Crippen LogP contribution in [0.2, 0.25) is 0 Å². The number of ether oxygens (including phenoxy) is 1. The molecule has 3 rings (SSSR count). The normalized spacial score (nSPS) is 12.4. The summed E-state index contributed by atoms with van der Waals surface area (Å²) >= 11 is 0. The number of hydrogen-bond acceptors (Lipinski definition) is 5. The van der Waals surface area contributed by atoms with E-state index in [1.165, 1.54) is 17.0 Å². The molecule has 0 saturated carbocycles. The average Bonchev–Trinajstić information content (AvgIpc) is 2.91. The molecule has 0 aliphatic heterocycles. The summed E-state index contributed by atoms with van der Waals surface area (Å²) in [5, 5.41) is 2.98. The molecule has 0 aliphatic rings. The van der Waals surface area contributed by atoms with Crippen LogP contribution in [0.15, 0.2) is 77.7 Å². The lowest BCUT2D eigenvalue weighted by molar-refractivity contribution is -0.141. The molecule has 0 radical (unpaired) electrons. The Kier molecular flexibility index (Phi) is 10.2. The highest BCUT2D eigenvalue weighted by Gasteiger charge is 2.35. The summed E-state index contributed by atoms with van der Waals surface area (Å²) in [4.78, 5) is 29.2. The minimum Gasteiger partial charge on any atom is -0.497 e. The Hall–Kier alpha value is -3.85. The number of amides is 2. The first-order valence-corrected chi connectivity index (χ1v) is 15.1. The molecule has 0 aliphatic carbocycles.